The monoisotopic (exact) mass is 232 g/mol. The normalized spacial score (nSPS) is 13.8. The van der Waals surface area contributed by atoms with Crippen LogP contribution in [0.3, 0.4) is 0 Å². The first-order valence-corrected chi connectivity index (χ1v) is 5.83. The Morgan fingerprint density at radius 2 is 2.06 bits per heavy atom. The fourth-order valence-electron chi connectivity index (χ4n) is 1.24. The zero-order valence-corrected chi connectivity index (χ0v) is 10.8. The molecule has 0 aliphatic carbocycles. The van der Waals surface area contributed by atoms with Crippen LogP contribution in [0.25, 0.3) is 0 Å². The summed E-state index contributed by atoms with van der Waals surface area (Å²) in [4.78, 5) is 10.8. The highest BCUT2D eigenvalue weighted by molar-refractivity contribution is 5.73. The molecule has 0 aliphatic rings. The fraction of sp³-hybridized carbons (Fsp3) is 0.917. The lowest BCUT2D eigenvalue weighted by atomic mass is 9.88. The molecule has 1 N–H and O–H groups in total. The third-order valence-electron chi connectivity index (χ3n) is 2.48. The number of rotatable bonds is 9. The van der Waals surface area contributed by atoms with Crippen LogP contribution in [0.5, 0.6) is 0 Å². The van der Waals surface area contributed by atoms with Crippen molar-refractivity contribution in [2.24, 2.45) is 5.41 Å². The highest BCUT2D eigenvalue weighted by Gasteiger charge is 2.26. The van der Waals surface area contributed by atoms with Gasteiger partial charge >= 0.3 is 5.97 Å². The highest BCUT2D eigenvalue weighted by Crippen LogP contribution is 2.22. The molecule has 1 atom stereocenters. The smallest absolute Gasteiger partial charge is 0.309 e. The summed E-state index contributed by atoms with van der Waals surface area (Å²) in [6, 6.07) is 0. The lowest BCUT2D eigenvalue weighted by molar-refractivity contribution is -0.147. The van der Waals surface area contributed by atoms with Crippen molar-refractivity contribution in [3.63, 3.8) is 0 Å². The van der Waals surface area contributed by atoms with Crippen molar-refractivity contribution in [3.8, 4) is 0 Å². The lowest BCUT2D eigenvalue weighted by Gasteiger charge is -2.19. The van der Waals surface area contributed by atoms with Gasteiger partial charge < -0.3 is 14.6 Å². The summed E-state index contributed by atoms with van der Waals surface area (Å²) in [7, 11) is 0. The lowest BCUT2D eigenvalue weighted by Crippen LogP contribution is -2.24. The second-order valence-corrected chi connectivity index (χ2v) is 4.63. The minimum atomic E-state index is -0.755. The molecule has 0 spiro atoms. The molecule has 96 valence electrons. The van der Waals surface area contributed by atoms with E-state index in [1.54, 1.807) is 13.8 Å². The highest BCUT2D eigenvalue weighted by atomic mass is 16.5. The maximum Gasteiger partial charge on any atom is 0.309 e. The van der Waals surface area contributed by atoms with Crippen LogP contribution in [0.4, 0.5) is 0 Å². The van der Waals surface area contributed by atoms with Crippen molar-refractivity contribution >= 4 is 5.97 Å². The maximum absolute atomic E-state index is 10.8. The molecule has 0 rings (SSSR count). The van der Waals surface area contributed by atoms with E-state index < -0.39 is 11.4 Å². The molecule has 0 saturated heterocycles. The molecule has 16 heavy (non-hydrogen) atoms. The van der Waals surface area contributed by atoms with Gasteiger partial charge in [0.2, 0.25) is 0 Å². The van der Waals surface area contributed by atoms with Gasteiger partial charge in [-0.2, -0.15) is 0 Å². The van der Waals surface area contributed by atoms with Gasteiger partial charge in [-0.1, -0.05) is 0 Å². The third-order valence-corrected chi connectivity index (χ3v) is 2.48. The van der Waals surface area contributed by atoms with Crippen LogP contribution in [0.15, 0.2) is 0 Å². The van der Waals surface area contributed by atoms with Gasteiger partial charge in [0.1, 0.15) is 0 Å². The van der Waals surface area contributed by atoms with Crippen molar-refractivity contribution in [2.75, 3.05) is 19.8 Å². The molecule has 0 bridgehead atoms. The molecular weight excluding hydrogens is 208 g/mol. The van der Waals surface area contributed by atoms with E-state index in [0.29, 0.717) is 26.2 Å². The molecular formula is C12H24O4. The summed E-state index contributed by atoms with van der Waals surface area (Å²) >= 11 is 0. The van der Waals surface area contributed by atoms with Crippen LogP contribution in [0.2, 0.25) is 0 Å². The van der Waals surface area contributed by atoms with Crippen LogP contribution in [-0.2, 0) is 14.3 Å². The molecule has 0 aromatic rings. The first-order valence-electron chi connectivity index (χ1n) is 5.83. The van der Waals surface area contributed by atoms with Crippen molar-refractivity contribution in [2.45, 2.75) is 46.6 Å². The zero-order valence-electron chi connectivity index (χ0n) is 10.8. The molecule has 0 saturated carbocycles. The van der Waals surface area contributed by atoms with Gasteiger partial charge in [-0.15, -0.1) is 0 Å². The van der Waals surface area contributed by atoms with E-state index in [-0.39, 0.29) is 6.10 Å². The summed E-state index contributed by atoms with van der Waals surface area (Å²) in [6.07, 6.45) is 1.47. The predicted molar refractivity (Wildman–Crippen MR) is 62.6 cm³/mol. The second kappa shape index (κ2) is 7.63. The van der Waals surface area contributed by atoms with E-state index in [1.165, 1.54) is 0 Å². The van der Waals surface area contributed by atoms with Crippen LogP contribution in [0.1, 0.15) is 40.5 Å². The molecule has 0 heterocycles. The summed E-state index contributed by atoms with van der Waals surface area (Å²) in [6.45, 7) is 9.25. The van der Waals surface area contributed by atoms with Gasteiger partial charge in [-0.05, 0) is 40.5 Å². The summed E-state index contributed by atoms with van der Waals surface area (Å²) in [5.74, 6) is -0.755. The summed E-state index contributed by atoms with van der Waals surface area (Å²) in [5, 5.41) is 8.91. The topological polar surface area (TPSA) is 55.8 Å². The van der Waals surface area contributed by atoms with Gasteiger partial charge in [0, 0.05) is 13.2 Å². The number of carboxylic acid groups (broad SMARTS) is 1. The Morgan fingerprint density at radius 1 is 1.44 bits per heavy atom. The second-order valence-electron chi connectivity index (χ2n) is 4.63. The summed E-state index contributed by atoms with van der Waals surface area (Å²) < 4.78 is 10.7. The van der Waals surface area contributed by atoms with Gasteiger partial charge in [0.15, 0.2) is 0 Å². The van der Waals surface area contributed by atoms with E-state index in [0.717, 1.165) is 6.42 Å². The number of ether oxygens (including phenoxy) is 2. The van der Waals surface area contributed by atoms with Crippen molar-refractivity contribution in [1.29, 1.82) is 0 Å². The van der Waals surface area contributed by atoms with Crippen molar-refractivity contribution < 1.29 is 19.4 Å². The van der Waals surface area contributed by atoms with Gasteiger partial charge in [-0.3, -0.25) is 4.79 Å². The standard InChI is InChI=1S/C12H24O4/c1-5-15-9-10(2)16-8-6-7-12(3,4)11(13)14/h10H,5-9H2,1-4H3,(H,13,14). The van der Waals surface area contributed by atoms with Crippen LogP contribution < -0.4 is 0 Å². The van der Waals surface area contributed by atoms with E-state index in [9.17, 15) is 4.79 Å². The largest absolute Gasteiger partial charge is 0.481 e. The molecule has 0 fully saturated rings. The Hall–Kier alpha value is -0.610. The Labute approximate surface area is 97.9 Å². The Bertz CT molecular complexity index is 201. The van der Waals surface area contributed by atoms with E-state index >= 15 is 0 Å². The average Bonchev–Trinajstić information content (AvgIpc) is 2.21. The Balaban J connectivity index is 3.56. The number of carbonyl (C=O) groups is 1. The number of hydrogen-bond donors (Lipinski definition) is 1. The van der Waals surface area contributed by atoms with Crippen LogP contribution in [-0.4, -0.2) is 37.0 Å². The molecule has 0 radical (unpaired) electrons. The Morgan fingerprint density at radius 3 is 2.56 bits per heavy atom. The molecule has 0 aromatic carbocycles. The van der Waals surface area contributed by atoms with Crippen molar-refractivity contribution in [3.05, 3.63) is 0 Å². The number of aliphatic carboxylic acids is 1. The first-order chi connectivity index (χ1) is 7.40. The van der Waals surface area contributed by atoms with Crippen molar-refractivity contribution in [1.82, 2.24) is 0 Å². The molecule has 4 nitrogen and oxygen atoms in total. The predicted octanol–water partition coefficient (Wildman–Crippen LogP) is 2.32. The number of hydrogen-bond acceptors (Lipinski definition) is 3. The van der Waals surface area contributed by atoms with Gasteiger partial charge in [0.05, 0.1) is 18.1 Å². The SMILES string of the molecule is CCOCC(C)OCCCC(C)(C)C(=O)O. The molecule has 4 heteroatoms. The molecule has 1 unspecified atom stereocenters. The van der Waals surface area contributed by atoms with Crippen LogP contribution >= 0.6 is 0 Å². The molecule has 0 aromatic heterocycles. The minimum Gasteiger partial charge on any atom is -0.481 e. The quantitative estimate of drug-likeness (QED) is 0.620. The van der Waals surface area contributed by atoms with Crippen LogP contribution in [0, 0.1) is 5.41 Å². The molecule has 0 aliphatic heterocycles. The van der Waals surface area contributed by atoms with Gasteiger partial charge in [-0.25, -0.2) is 0 Å². The summed E-state index contributed by atoms with van der Waals surface area (Å²) in [5.41, 5.74) is -0.660. The Kier molecular flexibility index (Phi) is 7.34. The maximum atomic E-state index is 10.8. The zero-order chi connectivity index (χ0) is 12.6. The fourth-order valence-corrected chi connectivity index (χ4v) is 1.24. The van der Waals surface area contributed by atoms with E-state index in [2.05, 4.69) is 0 Å². The minimum absolute atomic E-state index is 0.0768. The van der Waals surface area contributed by atoms with Gasteiger partial charge in [0.25, 0.3) is 0 Å². The third kappa shape index (κ3) is 6.80. The van der Waals surface area contributed by atoms with E-state index in [1.807, 2.05) is 13.8 Å². The first kappa shape index (κ1) is 15.4. The molecule has 0 amide bonds. The van der Waals surface area contributed by atoms with E-state index in [4.69, 9.17) is 14.6 Å². The average molecular weight is 232 g/mol. The number of carboxylic acids is 1.